The normalized spacial score (nSPS) is 11.3. The van der Waals surface area contributed by atoms with Gasteiger partial charge in [0.05, 0.1) is 10.6 Å². The molecule has 4 nitrogen and oxygen atoms in total. The Labute approximate surface area is 115 Å². The van der Waals surface area contributed by atoms with Crippen LogP contribution in [0.25, 0.3) is 0 Å². The zero-order chi connectivity index (χ0) is 14.8. The van der Waals surface area contributed by atoms with Gasteiger partial charge >= 0.3 is 0 Å². The van der Waals surface area contributed by atoms with Crippen LogP contribution >= 0.6 is 0 Å². The Bertz CT molecular complexity index is 716. The molecule has 0 radical (unpaired) electrons. The summed E-state index contributed by atoms with van der Waals surface area (Å²) in [5, 5.41) is 0. The minimum atomic E-state index is -3.87. The molecular formula is C13H12F2N2O2S. The van der Waals surface area contributed by atoms with Crippen molar-refractivity contribution < 1.29 is 17.2 Å². The molecule has 0 unspecified atom stereocenters. The lowest BCUT2D eigenvalue weighted by atomic mass is 10.2. The third-order valence-electron chi connectivity index (χ3n) is 2.66. The van der Waals surface area contributed by atoms with Gasteiger partial charge in [-0.05, 0) is 48.0 Å². The fraction of sp³-hybridized carbons (Fsp3) is 0.0769. The van der Waals surface area contributed by atoms with E-state index in [4.69, 9.17) is 5.73 Å². The molecule has 2 aromatic carbocycles. The van der Waals surface area contributed by atoms with Crippen molar-refractivity contribution in [1.29, 1.82) is 0 Å². The van der Waals surface area contributed by atoms with Crippen LogP contribution in [0.4, 0.5) is 14.5 Å². The largest absolute Gasteiger partial charge is 0.326 e. The summed E-state index contributed by atoms with van der Waals surface area (Å²) in [6, 6.07) is 7.95. The van der Waals surface area contributed by atoms with Crippen molar-refractivity contribution in [3.63, 3.8) is 0 Å². The summed E-state index contributed by atoms with van der Waals surface area (Å²) in [7, 11) is -3.87. The fourth-order valence-electron chi connectivity index (χ4n) is 1.65. The average molecular weight is 298 g/mol. The van der Waals surface area contributed by atoms with E-state index in [-0.39, 0.29) is 17.1 Å². The first-order valence-corrected chi connectivity index (χ1v) is 7.17. The highest BCUT2D eigenvalue weighted by Crippen LogP contribution is 2.21. The zero-order valence-electron chi connectivity index (χ0n) is 10.3. The van der Waals surface area contributed by atoms with Crippen molar-refractivity contribution in [3.05, 3.63) is 59.7 Å². The van der Waals surface area contributed by atoms with Crippen LogP contribution in [0.5, 0.6) is 0 Å². The molecule has 2 rings (SSSR count). The number of nitrogens with two attached hydrogens (primary N) is 1. The number of nitrogens with one attached hydrogen (secondary N) is 1. The molecule has 0 aliphatic rings. The number of anilines is 1. The van der Waals surface area contributed by atoms with Gasteiger partial charge < -0.3 is 5.73 Å². The van der Waals surface area contributed by atoms with E-state index in [1.807, 2.05) is 0 Å². The van der Waals surface area contributed by atoms with Crippen LogP contribution in [0, 0.1) is 11.6 Å². The highest BCUT2D eigenvalue weighted by molar-refractivity contribution is 7.92. The van der Waals surface area contributed by atoms with Gasteiger partial charge in [-0.2, -0.15) is 0 Å². The summed E-state index contributed by atoms with van der Waals surface area (Å²) in [6.45, 7) is -0.0149. The molecule has 3 N–H and O–H groups in total. The topological polar surface area (TPSA) is 72.2 Å². The molecule has 106 valence electrons. The maximum Gasteiger partial charge on any atom is 0.261 e. The van der Waals surface area contributed by atoms with Crippen LogP contribution in [0.2, 0.25) is 0 Å². The second-order valence-electron chi connectivity index (χ2n) is 4.07. The number of halogens is 2. The third kappa shape index (κ3) is 3.12. The number of sulfonamides is 1. The monoisotopic (exact) mass is 298 g/mol. The Balaban J connectivity index is 2.35. The average Bonchev–Trinajstić information content (AvgIpc) is 2.41. The number of rotatable bonds is 4. The molecule has 0 aliphatic carbocycles. The number of hydrogen-bond acceptors (Lipinski definition) is 3. The first kappa shape index (κ1) is 14.4. The fourth-order valence-corrected chi connectivity index (χ4v) is 2.75. The van der Waals surface area contributed by atoms with Crippen LogP contribution in [0.15, 0.2) is 47.4 Å². The Kier molecular flexibility index (Phi) is 4.01. The maximum atomic E-state index is 13.1. The molecule has 0 aromatic heterocycles. The molecule has 0 aliphatic heterocycles. The van der Waals surface area contributed by atoms with Crippen molar-refractivity contribution in [2.24, 2.45) is 5.73 Å². The highest BCUT2D eigenvalue weighted by atomic mass is 32.2. The van der Waals surface area contributed by atoms with Gasteiger partial charge in [-0.3, -0.25) is 4.72 Å². The van der Waals surface area contributed by atoms with E-state index in [9.17, 15) is 17.2 Å². The van der Waals surface area contributed by atoms with Crippen LogP contribution < -0.4 is 10.5 Å². The molecular weight excluding hydrogens is 286 g/mol. The minimum Gasteiger partial charge on any atom is -0.326 e. The van der Waals surface area contributed by atoms with Crippen molar-refractivity contribution in [1.82, 2.24) is 0 Å². The Morgan fingerprint density at radius 2 is 1.60 bits per heavy atom. The highest BCUT2D eigenvalue weighted by Gasteiger charge is 2.16. The van der Waals surface area contributed by atoms with Gasteiger partial charge in [0, 0.05) is 6.54 Å². The van der Waals surface area contributed by atoms with Gasteiger partial charge in [0.15, 0.2) is 0 Å². The van der Waals surface area contributed by atoms with Gasteiger partial charge in [0.2, 0.25) is 0 Å². The maximum absolute atomic E-state index is 13.1. The third-order valence-corrected chi connectivity index (χ3v) is 4.04. The summed E-state index contributed by atoms with van der Waals surface area (Å²) in [5.74, 6) is -1.04. The molecule has 0 fully saturated rings. The summed E-state index contributed by atoms with van der Waals surface area (Å²) in [6.07, 6.45) is 0. The summed E-state index contributed by atoms with van der Waals surface area (Å²) >= 11 is 0. The van der Waals surface area contributed by atoms with Crippen LogP contribution in [-0.2, 0) is 16.6 Å². The molecule has 0 amide bonds. The van der Waals surface area contributed by atoms with E-state index in [1.54, 1.807) is 0 Å². The van der Waals surface area contributed by atoms with Gasteiger partial charge in [-0.25, -0.2) is 17.2 Å². The predicted molar refractivity (Wildman–Crippen MR) is 71.5 cm³/mol. The molecule has 0 spiro atoms. The van der Waals surface area contributed by atoms with Crippen LogP contribution in [0.1, 0.15) is 5.56 Å². The van der Waals surface area contributed by atoms with E-state index in [1.165, 1.54) is 6.07 Å². The van der Waals surface area contributed by atoms with E-state index in [2.05, 4.69) is 4.72 Å². The standard InChI is InChI=1S/C13H12F2N2O2S/c14-10-1-4-12(5-2-10)20(18,19)17-13-6-3-11(15)7-9(13)8-16/h1-7,17H,8,16H2. The molecule has 0 saturated carbocycles. The summed E-state index contributed by atoms with van der Waals surface area (Å²) < 4.78 is 52.4. The SMILES string of the molecule is NCc1cc(F)ccc1NS(=O)(=O)c1ccc(F)cc1. The zero-order valence-corrected chi connectivity index (χ0v) is 11.1. The molecule has 2 aromatic rings. The second-order valence-corrected chi connectivity index (χ2v) is 5.75. The Morgan fingerprint density at radius 3 is 2.20 bits per heavy atom. The van der Waals surface area contributed by atoms with E-state index < -0.39 is 21.7 Å². The summed E-state index contributed by atoms with van der Waals surface area (Å²) in [5.41, 5.74) is 5.97. The van der Waals surface area contributed by atoms with Crippen molar-refractivity contribution >= 4 is 15.7 Å². The first-order chi connectivity index (χ1) is 9.42. The lowest BCUT2D eigenvalue weighted by Crippen LogP contribution is -2.15. The minimum absolute atomic E-state index is 0.0149. The van der Waals surface area contributed by atoms with Gasteiger partial charge in [-0.15, -0.1) is 0 Å². The lowest BCUT2D eigenvalue weighted by molar-refractivity contribution is 0.599. The van der Waals surface area contributed by atoms with E-state index >= 15 is 0 Å². The smallest absolute Gasteiger partial charge is 0.261 e. The Hall–Kier alpha value is -1.99. The first-order valence-electron chi connectivity index (χ1n) is 5.69. The van der Waals surface area contributed by atoms with Crippen LogP contribution in [0.3, 0.4) is 0 Å². The quantitative estimate of drug-likeness (QED) is 0.909. The predicted octanol–water partition coefficient (Wildman–Crippen LogP) is 2.22. The lowest BCUT2D eigenvalue weighted by Gasteiger charge is -2.11. The van der Waals surface area contributed by atoms with Gasteiger partial charge in [0.25, 0.3) is 10.0 Å². The van der Waals surface area contributed by atoms with Crippen molar-refractivity contribution in [2.45, 2.75) is 11.4 Å². The molecule has 0 heterocycles. The molecule has 0 saturated heterocycles. The number of hydrogen-bond donors (Lipinski definition) is 2. The van der Waals surface area contributed by atoms with E-state index in [0.717, 1.165) is 36.4 Å². The van der Waals surface area contributed by atoms with Gasteiger partial charge in [0.1, 0.15) is 11.6 Å². The molecule has 20 heavy (non-hydrogen) atoms. The van der Waals surface area contributed by atoms with E-state index in [0.29, 0.717) is 5.56 Å². The Morgan fingerprint density at radius 1 is 1.00 bits per heavy atom. The van der Waals surface area contributed by atoms with Crippen LogP contribution in [-0.4, -0.2) is 8.42 Å². The van der Waals surface area contributed by atoms with Gasteiger partial charge in [-0.1, -0.05) is 0 Å². The summed E-state index contributed by atoms with van der Waals surface area (Å²) in [4.78, 5) is -0.0915. The second kappa shape index (κ2) is 5.56. The van der Waals surface area contributed by atoms with Crippen molar-refractivity contribution in [2.75, 3.05) is 4.72 Å². The number of benzene rings is 2. The molecule has 0 bridgehead atoms. The van der Waals surface area contributed by atoms with Crippen molar-refractivity contribution in [3.8, 4) is 0 Å². The molecule has 7 heteroatoms. The molecule has 0 atom stereocenters.